The van der Waals surface area contributed by atoms with Crippen LogP contribution in [-0.4, -0.2) is 4.98 Å². The number of anilines is 1. The maximum absolute atomic E-state index is 7.77. The van der Waals surface area contributed by atoms with Crippen LogP contribution in [0.4, 0.5) is 5.69 Å². The molecule has 0 atom stereocenters. The van der Waals surface area contributed by atoms with Crippen molar-refractivity contribution in [3.8, 4) is 11.5 Å². The van der Waals surface area contributed by atoms with Gasteiger partial charge in [0.2, 0.25) is 0 Å². The third-order valence-corrected chi connectivity index (χ3v) is 3.11. The minimum absolute atomic E-state index is 0.451. The van der Waals surface area contributed by atoms with E-state index in [1.54, 1.807) is 12.1 Å². The predicted molar refractivity (Wildman–Crippen MR) is 70.4 cm³/mol. The van der Waals surface area contributed by atoms with Crippen LogP contribution in [0.3, 0.4) is 0 Å². The van der Waals surface area contributed by atoms with Crippen molar-refractivity contribution in [1.29, 1.82) is 5.41 Å². The topological polar surface area (TPSA) is 75.9 Å². The molecule has 0 bridgehead atoms. The lowest BCUT2D eigenvalue weighted by Crippen LogP contribution is -2.05. The van der Waals surface area contributed by atoms with Gasteiger partial charge in [-0.15, -0.1) is 0 Å². The molecule has 1 aliphatic heterocycles. The van der Waals surface area contributed by atoms with E-state index in [9.17, 15) is 0 Å². The summed E-state index contributed by atoms with van der Waals surface area (Å²) in [5.74, 6) is 0.612. The van der Waals surface area contributed by atoms with E-state index >= 15 is 0 Å². The lowest BCUT2D eigenvalue weighted by Gasteiger charge is -2.09. The molecule has 0 aromatic heterocycles. The third-order valence-electron chi connectivity index (χ3n) is 3.11. The Hall–Kier alpha value is -2.36. The molecule has 1 heterocycles. The number of hydrogen-bond donors (Lipinski definition) is 2. The highest BCUT2D eigenvalue weighted by Gasteiger charge is 2.11. The number of rotatable bonds is 0. The Labute approximate surface area is 104 Å². The van der Waals surface area contributed by atoms with Crippen molar-refractivity contribution in [1.82, 2.24) is 4.98 Å². The predicted octanol–water partition coefficient (Wildman–Crippen LogP) is 2.61. The van der Waals surface area contributed by atoms with Crippen LogP contribution in [0.2, 0.25) is 0 Å². The first-order chi connectivity index (χ1) is 8.54. The van der Waals surface area contributed by atoms with Crippen LogP contribution in [0.1, 0.15) is 11.1 Å². The molecule has 90 valence electrons. The van der Waals surface area contributed by atoms with Crippen LogP contribution in [0.15, 0.2) is 28.7 Å². The van der Waals surface area contributed by atoms with E-state index in [-0.39, 0.29) is 0 Å². The van der Waals surface area contributed by atoms with Crippen LogP contribution in [0.25, 0.3) is 22.6 Å². The zero-order chi connectivity index (χ0) is 12.9. The minimum Gasteiger partial charge on any atom is -0.453 e. The van der Waals surface area contributed by atoms with Gasteiger partial charge in [-0.25, -0.2) is 4.98 Å². The summed E-state index contributed by atoms with van der Waals surface area (Å²) >= 11 is 0. The molecule has 4 heteroatoms. The molecule has 4 nitrogen and oxygen atoms in total. The first kappa shape index (κ1) is 10.8. The molecule has 0 fully saturated rings. The second kappa shape index (κ2) is 3.57. The molecule has 18 heavy (non-hydrogen) atoms. The fourth-order valence-electron chi connectivity index (χ4n) is 1.95. The van der Waals surface area contributed by atoms with E-state index in [0.717, 1.165) is 22.3 Å². The third kappa shape index (κ3) is 1.54. The number of hydrogen-bond acceptors (Lipinski definition) is 4. The summed E-state index contributed by atoms with van der Waals surface area (Å²) in [6.07, 6.45) is 0. The standard InChI is InChI=1S/C14H13N3O/c1-7-3-11-13(5-9(7)15)18-14-6-10(16)8(2)4-12(14)17-11/h3-6,15H,16H2,1-2H3. The Morgan fingerprint density at radius 2 is 1.89 bits per heavy atom. The molecule has 3 N–H and O–H groups in total. The minimum atomic E-state index is 0.451. The van der Waals surface area contributed by atoms with Gasteiger partial charge in [0.15, 0.2) is 11.3 Å². The van der Waals surface area contributed by atoms with E-state index in [1.807, 2.05) is 26.0 Å². The molecule has 0 spiro atoms. The number of aryl methyl sites for hydroxylation is 2. The molecular formula is C14H13N3O. The maximum atomic E-state index is 7.77. The Balaban J connectivity index is 2.45. The second-order valence-corrected chi connectivity index (χ2v) is 4.53. The van der Waals surface area contributed by atoms with E-state index in [1.165, 1.54) is 0 Å². The van der Waals surface area contributed by atoms with Crippen LogP contribution < -0.4 is 11.1 Å². The van der Waals surface area contributed by atoms with Gasteiger partial charge in [0.25, 0.3) is 0 Å². The molecule has 0 amide bonds. The van der Waals surface area contributed by atoms with E-state index in [4.69, 9.17) is 15.6 Å². The SMILES string of the molecule is Cc1cc2nc3cc(C)c(=N)cc-3oc2cc1N. The van der Waals surface area contributed by atoms with Gasteiger partial charge in [-0.3, -0.25) is 0 Å². The quantitative estimate of drug-likeness (QED) is 0.467. The molecule has 1 aromatic carbocycles. The van der Waals surface area contributed by atoms with Gasteiger partial charge in [0, 0.05) is 17.8 Å². The van der Waals surface area contributed by atoms with E-state index in [0.29, 0.717) is 22.4 Å². The van der Waals surface area contributed by atoms with Gasteiger partial charge in [-0.2, -0.15) is 0 Å². The van der Waals surface area contributed by atoms with Crippen LogP contribution in [0.5, 0.6) is 0 Å². The lowest BCUT2D eigenvalue weighted by atomic mass is 10.1. The maximum Gasteiger partial charge on any atom is 0.155 e. The number of aromatic nitrogens is 1. The van der Waals surface area contributed by atoms with Gasteiger partial charge in [0.1, 0.15) is 11.2 Å². The number of benzene rings is 2. The van der Waals surface area contributed by atoms with Gasteiger partial charge < -0.3 is 15.6 Å². The molecule has 3 rings (SSSR count). The normalized spacial score (nSPS) is 11.2. The summed E-state index contributed by atoms with van der Waals surface area (Å²) in [5.41, 5.74) is 10.6. The highest BCUT2D eigenvalue weighted by atomic mass is 16.3. The number of nitrogens with zero attached hydrogens (tertiary/aromatic N) is 1. The van der Waals surface area contributed by atoms with E-state index in [2.05, 4.69) is 4.98 Å². The van der Waals surface area contributed by atoms with E-state index < -0.39 is 0 Å². The monoisotopic (exact) mass is 239 g/mol. The number of nitrogens with one attached hydrogen (secondary N) is 1. The lowest BCUT2D eigenvalue weighted by molar-refractivity contribution is 0.611. The summed E-state index contributed by atoms with van der Waals surface area (Å²) in [5, 5.41) is 8.22. The molecule has 0 saturated heterocycles. The second-order valence-electron chi connectivity index (χ2n) is 4.53. The van der Waals surface area contributed by atoms with Gasteiger partial charge in [-0.1, -0.05) is 0 Å². The first-order valence-electron chi connectivity index (χ1n) is 5.70. The van der Waals surface area contributed by atoms with Crippen molar-refractivity contribution >= 4 is 16.8 Å². The number of nitrogens with two attached hydrogens (primary N) is 1. The Bertz CT molecular complexity index is 789. The summed E-state index contributed by atoms with van der Waals surface area (Å²) in [6.45, 7) is 3.83. The zero-order valence-electron chi connectivity index (χ0n) is 10.2. The smallest absolute Gasteiger partial charge is 0.155 e. The van der Waals surface area contributed by atoms with Crippen molar-refractivity contribution in [2.24, 2.45) is 0 Å². The number of fused-ring (bicyclic) bond motifs is 2. The van der Waals surface area contributed by atoms with Crippen molar-refractivity contribution in [2.75, 3.05) is 5.73 Å². The molecule has 1 aliphatic carbocycles. The fraction of sp³-hybridized carbons (Fsp3) is 0.143. The molecular weight excluding hydrogens is 226 g/mol. The molecule has 0 saturated carbocycles. The van der Waals surface area contributed by atoms with Crippen molar-refractivity contribution in [2.45, 2.75) is 13.8 Å². The fourth-order valence-corrected chi connectivity index (χ4v) is 1.95. The van der Waals surface area contributed by atoms with Crippen LogP contribution in [-0.2, 0) is 0 Å². The highest BCUT2D eigenvalue weighted by molar-refractivity contribution is 5.81. The van der Waals surface area contributed by atoms with Crippen molar-refractivity contribution in [3.63, 3.8) is 0 Å². The largest absolute Gasteiger partial charge is 0.453 e. The summed E-state index contributed by atoms with van der Waals surface area (Å²) in [4.78, 5) is 4.55. The molecule has 0 radical (unpaired) electrons. The van der Waals surface area contributed by atoms with Crippen molar-refractivity contribution in [3.05, 3.63) is 40.7 Å². The van der Waals surface area contributed by atoms with Crippen LogP contribution in [0, 0.1) is 19.3 Å². The first-order valence-corrected chi connectivity index (χ1v) is 5.70. The Kier molecular flexibility index (Phi) is 2.13. The van der Waals surface area contributed by atoms with Gasteiger partial charge in [0.05, 0.1) is 5.36 Å². The van der Waals surface area contributed by atoms with Gasteiger partial charge in [-0.05, 0) is 37.1 Å². The Morgan fingerprint density at radius 3 is 2.67 bits per heavy atom. The highest BCUT2D eigenvalue weighted by Crippen LogP contribution is 2.27. The molecule has 0 unspecified atom stereocenters. The Morgan fingerprint density at radius 1 is 1.11 bits per heavy atom. The van der Waals surface area contributed by atoms with Crippen LogP contribution >= 0.6 is 0 Å². The van der Waals surface area contributed by atoms with Gasteiger partial charge >= 0.3 is 0 Å². The molecule has 2 aliphatic rings. The average molecular weight is 239 g/mol. The average Bonchev–Trinajstić information content (AvgIpc) is 2.31. The summed E-state index contributed by atoms with van der Waals surface area (Å²) in [7, 11) is 0. The number of nitrogen functional groups attached to an aromatic ring is 1. The zero-order valence-corrected chi connectivity index (χ0v) is 10.2. The molecule has 1 aromatic rings. The summed E-state index contributed by atoms with van der Waals surface area (Å²) < 4.78 is 5.76. The van der Waals surface area contributed by atoms with Crippen molar-refractivity contribution < 1.29 is 4.42 Å². The summed E-state index contributed by atoms with van der Waals surface area (Å²) in [6, 6.07) is 7.25.